The van der Waals surface area contributed by atoms with Gasteiger partial charge in [-0.1, -0.05) is 11.3 Å². The molecule has 1 aliphatic heterocycles. The molecule has 0 saturated carbocycles. The third kappa shape index (κ3) is 2.87. The van der Waals surface area contributed by atoms with Gasteiger partial charge in [0.15, 0.2) is 0 Å². The van der Waals surface area contributed by atoms with Gasteiger partial charge in [-0.25, -0.2) is 9.97 Å². The van der Waals surface area contributed by atoms with Gasteiger partial charge < -0.3 is 10.2 Å². The zero-order chi connectivity index (χ0) is 13.2. The molecule has 0 aliphatic carbocycles. The number of nitrogens with one attached hydrogen (secondary N) is 1. The van der Waals surface area contributed by atoms with Gasteiger partial charge in [0.1, 0.15) is 17.2 Å². The second kappa shape index (κ2) is 5.18. The largest absolute Gasteiger partial charge is 0.315 e. The maximum Gasteiger partial charge on any atom is 0.210 e. The van der Waals surface area contributed by atoms with Crippen LogP contribution < -0.4 is 5.32 Å². The van der Waals surface area contributed by atoms with E-state index in [1.54, 1.807) is 5.51 Å². The number of hydrogen-bond donors (Lipinski definition) is 1. The van der Waals surface area contributed by atoms with Crippen LogP contribution in [0.5, 0.6) is 0 Å². The van der Waals surface area contributed by atoms with Gasteiger partial charge in [0, 0.05) is 18.5 Å². The maximum atomic E-state index is 4.57. The van der Waals surface area contributed by atoms with Crippen LogP contribution in [0.1, 0.15) is 23.9 Å². The Hall–Kier alpha value is -1.60. The molecule has 6 nitrogen and oxygen atoms in total. The average Bonchev–Trinajstić information content (AvgIpc) is 3.00. The Balaban J connectivity index is 1.83. The minimum Gasteiger partial charge on any atom is -0.315 e. The summed E-state index contributed by atoms with van der Waals surface area (Å²) in [6.45, 7) is 4.12. The fourth-order valence-corrected chi connectivity index (χ4v) is 2.83. The summed E-state index contributed by atoms with van der Waals surface area (Å²) in [7, 11) is 2.15. The lowest BCUT2D eigenvalue weighted by molar-refractivity contribution is 0.410. The second-order valence-corrected chi connectivity index (χ2v) is 5.68. The summed E-state index contributed by atoms with van der Waals surface area (Å²) in [6, 6.07) is 2.03. The first-order valence-electron chi connectivity index (χ1n) is 6.28. The van der Waals surface area contributed by atoms with Crippen molar-refractivity contribution < 1.29 is 0 Å². The Morgan fingerprint density at radius 2 is 2.32 bits per heavy atom. The predicted octanol–water partition coefficient (Wildman–Crippen LogP) is 1.80. The molecule has 1 fully saturated rings. The Labute approximate surface area is 115 Å². The smallest absolute Gasteiger partial charge is 0.210 e. The molecular formula is C12H16N6S. The van der Waals surface area contributed by atoms with Crippen LogP contribution in [0.4, 0.5) is 10.9 Å². The van der Waals surface area contributed by atoms with E-state index in [1.807, 2.05) is 13.0 Å². The lowest BCUT2D eigenvalue weighted by Gasteiger charge is -2.12. The summed E-state index contributed by atoms with van der Waals surface area (Å²) < 4.78 is 0. The fraction of sp³-hybridized carbons (Fsp3) is 0.500. The van der Waals surface area contributed by atoms with E-state index >= 15 is 0 Å². The van der Waals surface area contributed by atoms with Gasteiger partial charge in [0.25, 0.3) is 0 Å². The van der Waals surface area contributed by atoms with Crippen LogP contribution in [0, 0.1) is 6.92 Å². The Morgan fingerprint density at radius 3 is 3.00 bits per heavy atom. The highest BCUT2D eigenvalue weighted by Gasteiger charge is 2.23. The number of likely N-dealkylation sites (tertiary alicyclic amines) is 1. The highest BCUT2D eigenvalue weighted by atomic mass is 32.1. The number of aromatic nitrogens is 4. The first-order valence-corrected chi connectivity index (χ1v) is 7.16. The van der Waals surface area contributed by atoms with Gasteiger partial charge in [-0.3, -0.25) is 0 Å². The third-order valence-electron chi connectivity index (χ3n) is 3.26. The van der Waals surface area contributed by atoms with E-state index in [1.165, 1.54) is 11.3 Å². The number of rotatable bonds is 3. The summed E-state index contributed by atoms with van der Waals surface area (Å²) in [6.07, 6.45) is 1.16. The summed E-state index contributed by atoms with van der Waals surface area (Å²) in [4.78, 5) is 11.3. The molecule has 1 atom stereocenters. The van der Waals surface area contributed by atoms with Crippen LogP contribution >= 0.6 is 11.3 Å². The molecular weight excluding hydrogens is 260 g/mol. The van der Waals surface area contributed by atoms with Crippen LogP contribution in [-0.2, 0) is 0 Å². The summed E-state index contributed by atoms with van der Waals surface area (Å²) in [5.41, 5.74) is 2.81. The lowest BCUT2D eigenvalue weighted by atomic mass is 10.0. The van der Waals surface area contributed by atoms with E-state index in [-0.39, 0.29) is 0 Å². The zero-order valence-electron chi connectivity index (χ0n) is 11.0. The molecule has 2 aromatic heterocycles. The normalized spacial score (nSPS) is 19.8. The van der Waals surface area contributed by atoms with Crippen LogP contribution in [0.3, 0.4) is 0 Å². The van der Waals surface area contributed by atoms with Crippen molar-refractivity contribution in [2.45, 2.75) is 19.3 Å². The fourth-order valence-electron chi connectivity index (χ4n) is 2.38. The van der Waals surface area contributed by atoms with Gasteiger partial charge in [-0.15, -0.1) is 10.2 Å². The first-order chi connectivity index (χ1) is 9.20. The molecule has 3 rings (SSSR count). The van der Waals surface area contributed by atoms with Crippen molar-refractivity contribution in [3.05, 3.63) is 23.1 Å². The van der Waals surface area contributed by atoms with E-state index in [0.717, 1.165) is 42.0 Å². The number of anilines is 2. The standard InChI is InChI=1S/C12H16N6S/c1-8-14-10(9-3-4-18(2)6-9)5-11(15-8)16-12-17-13-7-19-12/h5,7,9H,3-4,6H2,1-2H3,(H,14,15,16,17)/t9-/m1/s1. The van der Waals surface area contributed by atoms with Gasteiger partial charge in [-0.05, 0) is 26.9 Å². The van der Waals surface area contributed by atoms with E-state index < -0.39 is 0 Å². The predicted molar refractivity (Wildman–Crippen MR) is 74.8 cm³/mol. The number of aryl methyl sites for hydroxylation is 1. The Bertz CT molecular complexity index is 555. The molecule has 1 N–H and O–H groups in total. The van der Waals surface area contributed by atoms with Crippen molar-refractivity contribution in [1.29, 1.82) is 0 Å². The molecule has 0 unspecified atom stereocenters. The van der Waals surface area contributed by atoms with Crippen molar-refractivity contribution in [1.82, 2.24) is 25.1 Å². The minimum absolute atomic E-state index is 0.502. The van der Waals surface area contributed by atoms with Crippen LogP contribution in [-0.4, -0.2) is 45.2 Å². The van der Waals surface area contributed by atoms with E-state index in [0.29, 0.717) is 5.92 Å². The summed E-state index contributed by atoms with van der Waals surface area (Å²) >= 11 is 1.46. The van der Waals surface area contributed by atoms with Crippen molar-refractivity contribution in [2.24, 2.45) is 0 Å². The minimum atomic E-state index is 0.502. The quantitative estimate of drug-likeness (QED) is 0.922. The molecule has 1 saturated heterocycles. The van der Waals surface area contributed by atoms with Gasteiger partial charge in [0.2, 0.25) is 5.13 Å². The topological polar surface area (TPSA) is 66.8 Å². The third-order valence-corrected chi connectivity index (χ3v) is 3.87. The molecule has 100 valence electrons. The Morgan fingerprint density at radius 1 is 1.42 bits per heavy atom. The second-order valence-electron chi connectivity index (χ2n) is 4.84. The van der Waals surface area contributed by atoms with Crippen LogP contribution in [0.15, 0.2) is 11.6 Å². The zero-order valence-corrected chi connectivity index (χ0v) is 11.8. The summed E-state index contributed by atoms with van der Waals surface area (Å²) in [5, 5.41) is 11.7. The van der Waals surface area contributed by atoms with E-state index in [9.17, 15) is 0 Å². The average molecular weight is 276 g/mol. The lowest BCUT2D eigenvalue weighted by Crippen LogP contribution is -2.14. The van der Waals surface area contributed by atoms with Gasteiger partial charge in [0.05, 0.1) is 5.69 Å². The number of likely N-dealkylation sites (N-methyl/N-ethyl adjacent to an activating group) is 1. The molecule has 0 spiro atoms. The molecule has 3 heterocycles. The molecule has 2 aromatic rings. The maximum absolute atomic E-state index is 4.57. The van der Waals surface area contributed by atoms with E-state index in [4.69, 9.17) is 0 Å². The van der Waals surface area contributed by atoms with Crippen LogP contribution in [0.25, 0.3) is 0 Å². The van der Waals surface area contributed by atoms with Gasteiger partial charge >= 0.3 is 0 Å². The molecule has 0 radical (unpaired) electrons. The number of nitrogens with zero attached hydrogens (tertiary/aromatic N) is 5. The highest BCUT2D eigenvalue weighted by molar-refractivity contribution is 7.13. The monoisotopic (exact) mass is 276 g/mol. The van der Waals surface area contributed by atoms with Crippen molar-refractivity contribution in [3.8, 4) is 0 Å². The van der Waals surface area contributed by atoms with Crippen LogP contribution in [0.2, 0.25) is 0 Å². The highest BCUT2D eigenvalue weighted by Crippen LogP contribution is 2.27. The van der Waals surface area contributed by atoms with E-state index in [2.05, 4.69) is 37.4 Å². The molecule has 0 bridgehead atoms. The molecule has 0 amide bonds. The Kier molecular flexibility index (Phi) is 3.39. The SMILES string of the molecule is Cc1nc(Nc2nncs2)cc([C@@H]2CCN(C)C2)n1. The van der Waals surface area contributed by atoms with Crippen molar-refractivity contribution >= 4 is 22.3 Å². The van der Waals surface area contributed by atoms with Crippen molar-refractivity contribution in [3.63, 3.8) is 0 Å². The summed E-state index contributed by atoms with van der Waals surface area (Å²) in [5.74, 6) is 2.09. The van der Waals surface area contributed by atoms with Gasteiger partial charge in [-0.2, -0.15) is 0 Å². The molecule has 1 aliphatic rings. The van der Waals surface area contributed by atoms with Crippen molar-refractivity contribution in [2.75, 3.05) is 25.5 Å². The molecule has 19 heavy (non-hydrogen) atoms. The molecule has 7 heteroatoms. The first kappa shape index (κ1) is 12.4. The molecule has 0 aromatic carbocycles. The number of hydrogen-bond acceptors (Lipinski definition) is 7.